The number of carbonyl (C=O) groups excluding carboxylic acids is 3. The number of esters is 1. The van der Waals surface area contributed by atoms with Crippen LogP contribution in [0.5, 0.6) is 0 Å². The summed E-state index contributed by atoms with van der Waals surface area (Å²) in [5.41, 5.74) is 1.87. The van der Waals surface area contributed by atoms with Crippen molar-refractivity contribution < 1.29 is 23.5 Å². The molecule has 0 radical (unpaired) electrons. The summed E-state index contributed by atoms with van der Waals surface area (Å²) in [6, 6.07) is 17.4. The third-order valence-corrected chi connectivity index (χ3v) is 4.82. The standard InChI is InChI=1S/C23H20N2O5/c26-21-17-8-1-2-9-18(17)22(27)25(21)12-6-14-30-23(28)19-10-3-4-11-20(19)24-15-16-7-5-13-29-16/h1-5,7-11,13,24H,6,12,14-15H2. The molecule has 1 aliphatic heterocycles. The van der Waals surface area contributed by atoms with E-state index >= 15 is 0 Å². The number of nitrogens with zero attached hydrogens (tertiary/aromatic N) is 1. The summed E-state index contributed by atoms with van der Waals surface area (Å²) in [6.07, 6.45) is 1.95. The summed E-state index contributed by atoms with van der Waals surface area (Å²) >= 11 is 0. The highest BCUT2D eigenvalue weighted by Crippen LogP contribution is 2.22. The molecular weight excluding hydrogens is 384 g/mol. The fraction of sp³-hybridized carbons (Fsp3) is 0.174. The predicted molar refractivity (Wildman–Crippen MR) is 109 cm³/mol. The molecule has 2 heterocycles. The fourth-order valence-electron chi connectivity index (χ4n) is 3.32. The molecule has 0 unspecified atom stereocenters. The van der Waals surface area contributed by atoms with Crippen molar-refractivity contribution in [2.24, 2.45) is 0 Å². The van der Waals surface area contributed by atoms with E-state index in [1.807, 2.05) is 12.1 Å². The van der Waals surface area contributed by atoms with Gasteiger partial charge in [-0.25, -0.2) is 4.79 Å². The molecule has 0 spiro atoms. The van der Waals surface area contributed by atoms with Gasteiger partial charge in [-0.3, -0.25) is 14.5 Å². The van der Waals surface area contributed by atoms with Gasteiger partial charge in [0.2, 0.25) is 0 Å². The van der Waals surface area contributed by atoms with E-state index in [1.54, 1.807) is 54.8 Å². The van der Waals surface area contributed by atoms with Gasteiger partial charge in [-0.15, -0.1) is 0 Å². The number of imide groups is 1. The van der Waals surface area contributed by atoms with Gasteiger partial charge in [0.25, 0.3) is 11.8 Å². The van der Waals surface area contributed by atoms with Crippen molar-refractivity contribution in [2.75, 3.05) is 18.5 Å². The first kappa shape index (κ1) is 19.4. The van der Waals surface area contributed by atoms with Crippen LogP contribution in [-0.2, 0) is 11.3 Å². The van der Waals surface area contributed by atoms with E-state index in [1.165, 1.54) is 4.90 Å². The molecule has 2 amide bonds. The van der Waals surface area contributed by atoms with Crippen LogP contribution in [0.3, 0.4) is 0 Å². The number of ether oxygens (including phenoxy) is 1. The van der Waals surface area contributed by atoms with E-state index < -0.39 is 5.97 Å². The lowest BCUT2D eigenvalue weighted by Crippen LogP contribution is -2.31. The van der Waals surface area contributed by atoms with Gasteiger partial charge in [-0.05, 0) is 42.8 Å². The molecule has 7 heteroatoms. The molecule has 3 aromatic rings. The van der Waals surface area contributed by atoms with Crippen molar-refractivity contribution in [3.63, 3.8) is 0 Å². The lowest BCUT2D eigenvalue weighted by Gasteiger charge is -2.14. The second-order valence-electron chi connectivity index (χ2n) is 6.78. The van der Waals surface area contributed by atoms with Gasteiger partial charge in [0.1, 0.15) is 5.76 Å². The monoisotopic (exact) mass is 404 g/mol. The molecule has 7 nitrogen and oxygen atoms in total. The van der Waals surface area contributed by atoms with Crippen molar-refractivity contribution in [3.05, 3.63) is 89.4 Å². The van der Waals surface area contributed by atoms with Crippen LogP contribution in [0.25, 0.3) is 0 Å². The summed E-state index contributed by atoms with van der Waals surface area (Å²) in [5.74, 6) is -0.345. The molecule has 1 N–H and O–H groups in total. The Balaban J connectivity index is 1.30. The first-order valence-corrected chi connectivity index (χ1v) is 9.63. The van der Waals surface area contributed by atoms with E-state index in [0.717, 1.165) is 5.76 Å². The van der Waals surface area contributed by atoms with E-state index in [9.17, 15) is 14.4 Å². The molecule has 0 atom stereocenters. The molecule has 0 fully saturated rings. The Morgan fingerprint density at radius 3 is 2.33 bits per heavy atom. The van der Waals surface area contributed by atoms with Crippen LogP contribution in [0.1, 0.15) is 43.3 Å². The topological polar surface area (TPSA) is 88.8 Å². The number of hydrogen-bond donors (Lipinski definition) is 1. The number of benzene rings is 2. The summed E-state index contributed by atoms with van der Waals surface area (Å²) in [4.78, 5) is 38.4. The lowest BCUT2D eigenvalue weighted by atomic mass is 10.1. The van der Waals surface area contributed by atoms with E-state index in [0.29, 0.717) is 35.3 Å². The quantitative estimate of drug-likeness (QED) is 0.350. The average Bonchev–Trinajstić information content (AvgIpc) is 3.38. The maximum Gasteiger partial charge on any atom is 0.340 e. The molecule has 0 aliphatic carbocycles. The second kappa shape index (κ2) is 8.65. The first-order valence-electron chi connectivity index (χ1n) is 9.63. The Morgan fingerprint density at radius 1 is 0.933 bits per heavy atom. The normalized spacial score (nSPS) is 12.7. The third kappa shape index (κ3) is 3.96. The highest BCUT2D eigenvalue weighted by molar-refractivity contribution is 6.21. The number of furan rings is 1. The number of nitrogens with one attached hydrogen (secondary N) is 1. The highest BCUT2D eigenvalue weighted by Gasteiger charge is 2.34. The number of fused-ring (bicyclic) bond motifs is 1. The summed E-state index contributed by atoms with van der Waals surface area (Å²) < 4.78 is 10.6. The molecule has 4 rings (SSSR count). The second-order valence-corrected chi connectivity index (χ2v) is 6.78. The number of anilines is 1. The molecule has 1 aliphatic rings. The maximum absolute atomic E-state index is 12.5. The average molecular weight is 404 g/mol. The number of amides is 2. The van der Waals surface area contributed by atoms with Crippen molar-refractivity contribution in [1.29, 1.82) is 0 Å². The SMILES string of the molecule is O=C(OCCCN1C(=O)c2ccccc2C1=O)c1ccccc1NCc1ccco1. The number of rotatable bonds is 8. The predicted octanol–water partition coefficient (Wildman–Crippen LogP) is 3.73. The number of para-hydroxylation sites is 1. The van der Waals surface area contributed by atoms with E-state index in [4.69, 9.17) is 9.15 Å². The first-order chi connectivity index (χ1) is 14.6. The lowest BCUT2D eigenvalue weighted by molar-refractivity contribution is 0.0483. The van der Waals surface area contributed by atoms with Crippen molar-refractivity contribution in [3.8, 4) is 0 Å². The summed E-state index contributed by atoms with van der Waals surface area (Å²) in [5, 5.41) is 3.16. The van der Waals surface area contributed by atoms with Crippen LogP contribution in [0.15, 0.2) is 71.3 Å². The zero-order valence-corrected chi connectivity index (χ0v) is 16.2. The van der Waals surface area contributed by atoms with Crippen LogP contribution in [0.2, 0.25) is 0 Å². The van der Waals surface area contributed by atoms with Gasteiger partial charge in [0.15, 0.2) is 0 Å². The number of carbonyl (C=O) groups is 3. The Bertz CT molecular complexity index is 1040. The van der Waals surface area contributed by atoms with Gasteiger partial charge < -0.3 is 14.5 Å². The molecule has 0 saturated carbocycles. The van der Waals surface area contributed by atoms with Gasteiger partial charge in [-0.2, -0.15) is 0 Å². The van der Waals surface area contributed by atoms with Crippen LogP contribution in [0.4, 0.5) is 5.69 Å². The summed E-state index contributed by atoms with van der Waals surface area (Å²) in [7, 11) is 0. The minimum absolute atomic E-state index is 0.0960. The largest absolute Gasteiger partial charge is 0.467 e. The molecule has 2 aromatic carbocycles. The molecule has 0 bridgehead atoms. The van der Waals surface area contributed by atoms with Crippen molar-refractivity contribution in [2.45, 2.75) is 13.0 Å². The van der Waals surface area contributed by atoms with Gasteiger partial charge in [-0.1, -0.05) is 24.3 Å². The minimum atomic E-state index is -0.472. The Morgan fingerprint density at radius 2 is 1.63 bits per heavy atom. The summed E-state index contributed by atoms with van der Waals surface area (Å²) in [6.45, 7) is 0.730. The van der Waals surface area contributed by atoms with Crippen LogP contribution in [-0.4, -0.2) is 35.8 Å². The molecule has 152 valence electrons. The van der Waals surface area contributed by atoms with Gasteiger partial charge >= 0.3 is 5.97 Å². The Hall–Kier alpha value is -3.87. The third-order valence-electron chi connectivity index (χ3n) is 4.82. The van der Waals surface area contributed by atoms with E-state index in [2.05, 4.69) is 5.32 Å². The maximum atomic E-state index is 12.5. The Labute approximate surface area is 173 Å². The van der Waals surface area contributed by atoms with Gasteiger partial charge in [0, 0.05) is 12.2 Å². The van der Waals surface area contributed by atoms with E-state index in [-0.39, 0.29) is 25.0 Å². The fourth-order valence-corrected chi connectivity index (χ4v) is 3.32. The molecule has 30 heavy (non-hydrogen) atoms. The van der Waals surface area contributed by atoms with Crippen molar-refractivity contribution in [1.82, 2.24) is 4.90 Å². The van der Waals surface area contributed by atoms with Crippen LogP contribution < -0.4 is 5.32 Å². The molecular formula is C23H20N2O5. The molecule has 1 aromatic heterocycles. The molecule has 0 saturated heterocycles. The van der Waals surface area contributed by atoms with Crippen LogP contribution >= 0.6 is 0 Å². The minimum Gasteiger partial charge on any atom is -0.467 e. The van der Waals surface area contributed by atoms with Gasteiger partial charge in [0.05, 0.1) is 36.1 Å². The smallest absolute Gasteiger partial charge is 0.340 e. The van der Waals surface area contributed by atoms with Crippen LogP contribution in [0, 0.1) is 0 Å². The number of hydrogen-bond acceptors (Lipinski definition) is 6. The highest BCUT2D eigenvalue weighted by atomic mass is 16.5. The Kier molecular flexibility index (Phi) is 5.61. The zero-order valence-electron chi connectivity index (χ0n) is 16.2. The zero-order chi connectivity index (χ0) is 20.9. The van der Waals surface area contributed by atoms with Crippen molar-refractivity contribution >= 4 is 23.5 Å².